The second-order valence-electron chi connectivity index (χ2n) is 4.53. The first-order chi connectivity index (χ1) is 6.00. The molecule has 0 radical (unpaired) electrons. The van der Waals surface area contributed by atoms with Crippen LogP contribution in [0.2, 0.25) is 0 Å². The van der Waals surface area contributed by atoms with Crippen molar-refractivity contribution in [2.75, 3.05) is 14.1 Å². The Morgan fingerprint density at radius 1 is 1.38 bits per heavy atom. The van der Waals surface area contributed by atoms with Gasteiger partial charge in [-0.05, 0) is 33.9 Å². The van der Waals surface area contributed by atoms with Gasteiger partial charge in [0, 0.05) is 11.6 Å². The van der Waals surface area contributed by atoms with Gasteiger partial charge in [0.15, 0.2) is 0 Å². The summed E-state index contributed by atoms with van der Waals surface area (Å²) in [6.07, 6.45) is 5.04. The first kappa shape index (κ1) is 10.7. The van der Waals surface area contributed by atoms with E-state index in [4.69, 9.17) is 5.73 Å². The summed E-state index contributed by atoms with van der Waals surface area (Å²) in [4.78, 5) is 2.29. The van der Waals surface area contributed by atoms with Crippen molar-refractivity contribution < 1.29 is 0 Å². The monoisotopic (exact) mass is 182 g/mol. The van der Waals surface area contributed by atoms with Crippen molar-refractivity contribution in [3.8, 4) is 0 Å². The number of nitrogens with two attached hydrogens (primary N) is 1. The van der Waals surface area contributed by atoms with Crippen LogP contribution >= 0.6 is 0 Å². The van der Waals surface area contributed by atoms with Crippen molar-refractivity contribution in [1.29, 1.82) is 0 Å². The van der Waals surface area contributed by atoms with E-state index in [0.29, 0.717) is 0 Å². The minimum Gasteiger partial charge on any atom is -0.323 e. The third-order valence-electron chi connectivity index (χ3n) is 3.47. The maximum absolute atomic E-state index is 6.22. The van der Waals surface area contributed by atoms with Crippen molar-refractivity contribution in [1.82, 2.24) is 4.90 Å². The van der Waals surface area contributed by atoms with Crippen LogP contribution in [0, 0.1) is 0 Å². The van der Waals surface area contributed by atoms with E-state index in [1.807, 2.05) is 6.92 Å². The molecule has 1 unspecified atom stereocenters. The molecule has 0 aliphatic heterocycles. The normalized spacial score (nSPS) is 23.5. The topological polar surface area (TPSA) is 29.3 Å². The lowest BCUT2D eigenvalue weighted by atomic mass is 9.84. The quantitative estimate of drug-likeness (QED) is 0.674. The number of hydrogen-bond donors (Lipinski definition) is 1. The van der Waals surface area contributed by atoms with E-state index < -0.39 is 0 Å². The summed E-state index contributed by atoms with van der Waals surface area (Å²) in [5.41, 5.74) is 7.51. The molecule has 1 saturated carbocycles. The standard InChI is InChI=1S/C11H22N2/c1-9(2)10(12)11(13(3)4)7-5-6-8-11/h10H,1,5-8,12H2,2-4H3. The predicted octanol–water partition coefficient (Wildman–Crippen LogP) is 1.76. The molecule has 0 amide bonds. The molecule has 0 heterocycles. The fraction of sp³-hybridized carbons (Fsp3) is 0.818. The molecule has 0 aromatic carbocycles. The first-order valence-electron chi connectivity index (χ1n) is 5.09. The molecule has 13 heavy (non-hydrogen) atoms. The number of rotatable bonds is 3. The van der Waals surface area contributed by atoms with Crippen LogP contribution in [0.4, 0.5) is 0 Å². The predicted molar refractivity (Wildman–Crippen MR) is 57.7 cm³/mol. The Labute approximate surface area is 81.8 Å². The molecule has 2 heteroatoms. The third-order valence-corrected chi connectivity index (χ3v) is 3.47. The summed E-state index contributed by atoms with van der Waals surface area (Å²) >= 11 is 0. The van der Waals surface area contributed by atoms with Crippen LogP contribution in [-0.4, -0.2) is 30.6 Å². The van der Waals surface area contributed by atoms with Crippen LogP contribution in [0.25, 0.3) is 0 Å². The van der Waals surface area contributed by atoms with Gasteiger partial charge in [0.05, 0.1) is 0 Å². The Bertz CT molecular complexity index is 190. The van der Waals surface area contributed by atoms with E-state index >= 15 is 0 Å². The van der Waals surface area contributed by atoms with Gasteiger partial charge in [-0.1, -0.05) is 25.0 Å². The smallest absolute Gasteiger partial charge is 0.0435 e. The average Bonchev–Trinajstić information content (AvgIpc) is 2.51. The van der Waals surface area contributed by atoms with Gasteiger partial charge in [0.2, 0.25) is 0 Å². The minimum atomic E-state index is 0.130. The maximum Gasteiger partial charge on any atom is 0.0435 e. The first-order valence-corrected chi connectivity index (χ1v) is 5.09. The maximum atomic E-state index is 6.22. The highest BCUT2D eigenvalue weighted by molar-refractivity contribution is 5.14. The third kappa shape index (κ3) is 1.79. The van der Waals surface area contributed by atoms with Gasteiger partial charge in [-0.25, -0.2) is 0 Å². The minimum absolute atomic E-state index is 0.130. The molecule has 0 spiro atoms. The van der Waals surface area contributed by atoms with E-state index in [1.54, 1.807) is 0 Å². The van der Waals surface area contributed by atoms with Crippen molar-refractivity contribution in [2.45, 2.75) is 44.2 Å². The fourth-order valence-corrected chi connectivity index (χ4v) is 2.48. The number of hydrogen-bond acceptors (Lipinski definition) is 2. The molecule has 1 atom stereocenters. The van der Waals surface area contributed by atoms with Crippen LogP contribution in [0.3, 0.4) is 0 Å². The molecule has 1 fully saturated rings. The van der Waals surface area contributed by atoms with Crippen molar-refractivity contribution in [3.05, 3.63) is 12.2 Å². The molecule has 0 aromatic heterocycles. The largest absolute Gasteiger partial charge is 0.323 e. The van der Waals surface area contributed by atoms with E-state index in [2.05, 4.69) is 25.6 Å². The molecule has 0 bridgehead atoms. The van der Waals surface area contributed by atoms with Crippen molar-refractivity contribution in [2.24, 2.45) is 5.73 Å². The molecule has 1 rings (SSSR count). The summed E-state index contributed by atoms with van der Waals surface area (Å²) in [7, 11) is 4.27. The second-order valence-corrected chi connectivity index (χ2v) is 4.53. The SMILES string of the molecule is C=C(C)C(N)C1(N(C)C)CCCC1. The van der Waals surface area contributed by atoms with Gasteiger partial charge in [-0.15, -0.1) is 0 Å². The lowest BCUT2D eigenvalue weighted by Gasteiger charge is -2.41. The van der Waals surface area contributed by atoms with Crippen LogP contribution < -0.4 is 5.73 Å². The molecule has 1 aliphatic rings. The van der Waals surface area contributed by atoms with Gasteiger partial charge >= 0.3 is 0 Å². The molecular weight excluding hydrogens is 160 g/mol. The van der Waals surface area contributed by atoms with Crippen LogP contribution in [0.15, 0.2) is 12.2 Å². The number of likely N-dealkylation sites (N-methyl/N-ethyl adjacent to an activating group) is 1. The van der Waals surface area contributed by atoms with Gasteiger partial charge in [-0.2, -0.15) is 0 Å². The highest BCUT2D eigenvalue weighted by Crippen LogP contribution is 2.37. The summed E-state index contributed by atoms with van der Waals surface area (Å²) in [5.74, 6) is 0. The molecule has 1 aliphatic carbocycles. The zero-order valence-corrected chi connectivity index (χ0v) is 9.14. The lowest BCUT2D eigenvalue weighted by molar-refractivity contribution is 0.137. The van der Waals surface area contributed by atoms with E-state index in [0.717, 1.165) is 5.57 Å². The van der Waals surface area contributed by atoms with Gasteiger partial charge in [0.1, 0.15) is 0 Å². The van der Waals surface area contributed by atoms with E-state index in [1.165, 1.54) is 25.7 Å². The van der Waals surface area contributed by atoms with Gasteiger partial charge in [0.25, 0.3) is 0 Å². The Morgan fingerprint density at radius 3 is 2.15 bits per heavy atom. The summed E-state index contributed by atoms with van der Waals surface area (Å²) < 4.78 is 0. The highest BCUT2D eigenvalue weighted by atomic mass is 15.2. The van der Waals surface area contributed by atoms with E-state index in [9.17, 15) is 0 Å². The van der Waals surface area contributed by atoms with E-state index in [-0.39, 0.29) is 11.6 Å². The zero-order valence-electron chi connectivity index (χ0n) is 9.14. The zero-order chi connectivity index (χ0) is 10.1. The molecular formula is C11H22N2. The molecule has 0 aromatic rings. The average molecular weight is 182 g/mol. The van der Waals surface area contributed by atoms with Crippen LogP contribution in [-0.2, 0) is 0 Å². The second kappa shape index (κ2) is 3.81. The number of nitrogens with zero attached hydrogens (tertiary/aromatic N) is 1. The Balaban J connectivity index is 2.84. The summed E-state index contributed by atoms with van der Waals surface area (Å²) in [5, 5.41) is 0. The Kier molecular flexibility index (Phi) is 3.14. The Hall–Kier alpha value is -0.340. The molecule has 2 nitrogen and oxygen atoms in total. The highest BCUT2D eigenvalue weighted by Gasteiger charge is 2.41. The molecule has 2 N–H and O–H groups in total. The van der Waals surface area contributed by atoms with Crippen molar-refractivity contribution in [3.63, 3.8) is 0 Å². The van der Waals surface area contributed by atoms with Gasteiger partial charge < -0.3 is 10.6 Å². The fourth-order valence-electron chi connectivity index (χ4n) is 2.48. The molecule has 0 saturated heterocycles. The summed E-state index contributed by atoms with van der Waals surface area (Å²) in [6.45, 7) is 6.01. The Morgan fingerprint density at radius 2 is 1.85 bits per heavy atom. The lowest BCUT2D eigenvalue weighted by Crippen LogP contribution is -2.56. The van der Waals surface area contributed by atoms with Crippen molar-refractivity contribution >= 4 is 0 Å². The molecule has 76 valence electrons. The van der Waals surface area contributed by atoms with Gasteiger partial charge in [-0.3, -0.25) is 0 Å². The summed E-state index contributed by atoms with van der Waals surface area (Å²) in [6, 6.07) is 0.130. The van der Waals surface area contributed by atoms with Crippen LogP contribution in [0.5, 0.6) is 0 Å². The van der Waals surface area contributed by atoms with Crippen LogP contribution in [0.1, 0.15) is 32.6 Å².